The Balaban J connectivity index is 0.000000652. The van der Waals surface area contributed by atoms with Crippen LogP contribution in [0.4, 0.5) is 0 Å². The fraction of sp³-hybridized carbons (Fsp3) is 0.152. The average molecular weight is 559 g/mol. The van der Waals surface area contributed by atoms with Gasteiger partial charge in [-0.2, -0.15) is 0 Å². The maximum atomic E-state index is 12.1. The van der Waals surface area contributed by atoms with Crippen LogP contribution in [0.3, 0.4) is 0 Å². The van der Waals surface area contributed by atoms with E-state index < -0.39 is 17.9 Å². The van der Waals surface area contributed by atoms with E-state index in [1.165, 1.54) is 11.0 Å². The molecule has 0 unspecified atom stereocenters. The molecule has 0 radical (unpaired) electrons. The number of carbonyl (C=O) groups is 4. The van der Waals surface area contributed by atoms with Crippen LogP contribution in [0.25, 0.3) is 11.1 Å². The van der Waals surface area contributed by atoms with Crippen LogP contribution in [0.1, 0.15) is 18.6 Å². The maximum Gasteiger partial charge on any atom is 0.346 e. The highest BCUT2D eigenvalue weighted by Crippen LogP contribution is 2.20. The Hall–Kier alpha value is -5.08. The van der Waals surface area contributed by atoms with Crippen LogP contribution < -0.4 is 5.32 Å². The first-order valence-electron chi connectivity index (χ1n) is 12.3. The highest BCUT2D eigenvalue weighted by Gasteiger charge is 2.24. The van der Waals surface area contributed by atoms with Crippen LogP contribution in [-0.4, -0.2) is 60.0 Å². The van der Waals surface area contributed by atoms with E-state index in [0.29, 0.717) is 29.8 Å². The molecule has 0 saturated heterocycles. The Kier molecular flexibility index (Phi) is 18.2. The van der Waals surface area contributed by atoms with E-state index in [1.54, 1.807) is 66.7 Å². The van der Waals surface area contributed by atoms with Crippen LogP contribution in [0.2, 0.25) is 0 Å². The third kappa shape index (κ3) is 13.5. The molecule has 41 heavy (non-hydrogen) atoms. The van der Waals surface area contributed by atoms with E-state index in [0.717, 1.165) is 19.2 Å². The third-order valence-corrected chi connectivity index (χ3v) is 4.93. The number of carboxylic acid groups (broad SMARTS) is 1. The van der Waals surface area contributed by atoms with Gasteiger partial charge in [-0.25, -0.2) is 14.4 Å². The largest absolute Gasteiger partial charge is 0.478 e. The Bertz CT molecular complexity index is 1230. The second kappa shape index (κ2) is 20.8. The molecular weight excluding hydrogens is 520 g/mol. The molecule has 1 heterocycles. The number of aliphatic carboxylic acids is 1. The molecule has 2 aromatic carbocycles. The number of ether oxygens (including phenoxy) is 1. The molecule has 8 nitrogen and oxygen atoms in total. The Labute approximate surface area is 242 Å². The third-order valence-electron chi connectivity index (χ3n) is 4.93. The number of nitrogens with one attached hydrogen (secondary N) is 1. The normalized spacial score (nSPS) is 11.5. The minimum absolute atomic E-state index is 0. The number of nitrogens with zero attached hydrogens (tertiary/aromatic N) is 1. The summed E-state index contributed by atoms with van der Waals surface area (Å²) in [6, 6.07) is 17.5. The lowest BCUT2D eigenvalue weighted by Gasteiger charge is -2.17. The maximum absolute atomic E-state index is 12.1. The zero-order chi connectivity index (χ0) is 29.8. The van der Waals surface area contributed by atoms with Crippen molar-refractivity contribution in [2.75, 3.05) is 26.2 Å². The standard InChI is InChI=1S/C16H17NO3.C10H6O3.C6H11N.CH4/c1-3-10-17(11-4-2)15(18)12-14(16(19)20)13-8-6-5-7-9-13;11-9-6-8(10(12)13-9)7-4-2-1-3-5-7;1-3-5-7-6-4-2;/h3-9,12H,1-2,10-11H2,(H,19,20);1-6H;3-4,7H,1-2,5-6H2;1H4/b14-12-;;;. The Morgan fingerprint density at radius 1 is 0.829 bits per heavy atom. The lowest BCUT2D eigenvalue weighted by molar-refractivity contribution is -0.149. The second-order valence-electron chi connectivity index (χ2n) is 7.92. The zero-order valence-electron chi connectivity index (χ0n) is 22.3. The molecule has 3 rings (SSSR count). The second-order valence-corrected chi connectivity index (χ2v) is 7.92. The van der Waals surface area contributed by atoms with Gasteiger partial charge in [0.05, 0.1) is 11.1 Å². The number of amides is 1. The summed E-state index contributed by atoms with van der Waals surface area (Å²) in [5.41, 5.74) is 1.49. The van der Waals surface area contributed by atoms with Gasteiger partial charge >= 0.3 is 17.9 Å². The van der Waals surface area contributed by atoms with Crippen molar-refractivity contribution in [3.05, 3.63) is 135 Å². The van der Waals surface area contributed by atoms with Crippen LogP contribution in [-0.2, 0) is 23.9 Å². The van der Waals surface area contributed by atoms with E-state index >= 15 is 0 Å². The van der Waals surface area contributed by atoms with Crippen LogP contribution in [0.5, 0.6) is 0 Å². The molecule has 1 aliphatic heterocycles. The van der Waals surface area contributed by atoms with Crippen molar-refractivity contribution in [1.29, 1.82) is 0 Å². The first kappa shape index (κ1) is 35.9. The van der Waals surface area contributed by atoms with Gasteiger partial charge in [0, 0.05) is 38.3 Å². The molecule has 0 aromatic heterocycles. The fourth-order valence-corrected chi connectivity index (χ4v) is 3.13. The van der Waals surface area contributed by atoms with Gasteiger partial charge in [-0.3, -0.25) is 4.79 Å². The van der Waals surface area contributed by atoms with E-state index in [1.807, 2.05) is 18.2 Å². The Morgan fingerprint density at radius 3 is 1.76 bits per heavy atom. The summed E-state index contributed by atoms with van der Waals surface area (Å²) in [5.74, 6) is -2.69. The monoisotopic (exact) mass is 558 g/mol. The summed E-state index contributed by atoms with van der Waals surface area (Å²) in [6.07, 6.45) is 9.14. The lowest BCUT2D eigenvalue weighted by Crippen LogP contribution is -2.30. The topological polar surface area (TPSA) is 113 Å². The molecule has 0 bridgehead atoms. The predicted molar refractivity (Wildman–Crippen MR) is 165 cm³/mol. The van der Waals surface area contributed by atoms with E-state index in [2.05, 4.69) is 36.4 Å². The number of cyclic esters (lactones) is 2. The van der Waals surface area contributed by atoms with E-state index in [4.69, 9.17) is 0 Å². The number of carbonyl (C=O) groups excluding carboxylic acids is 3. The van der Waals surface area contributed by atoms with Crippen molar-refractivity contribution < 1.29 is 29.0 Å². The van der Waals surface area contributed by atoms with Gasteiger partial charge in [-0.05, 0) is 11.1 Å². The summed E-state index contributed by atoms with van der Waals surface area (Å²) < 4.78 is 4.36. The molecule has 2 aromatic rings. The molecule has 1 aliphatic rings. The van der Waals surface area contributed by atoms with Crippen molar-refractivity contribution in [2.24, 2.45) is 0 Å². The number of hydrogen-bond acceptors (Lipinski definition) is 6. The van der Waals surface area contributed by atoms with Gasteiger partial charge in [0.15, 0.2) is 0 Å². The van der Waals surface area contributed by atoms with E-state index in [9.17, 15) is 24.3 Å². The SMILES string of the molecule is C.C=CCN(CC=C)C(=O)/C=C(\C(=O)O)c1ccccc1.C=CCNCC=C.O=C1C=C(c2ccccc2)C(=O)O1. The van der Waals surface area contributed by atoms with Crippen LogP contribution >= 0.6 is 0 Å². The predicted octanol–water partition coefficient (Wildman–Crippen LogP) is 5.09. The van der Waals surface area contributed by atoms with Gasteiger partial charge in [0.2, 0.25) is 5.91 Å². The molecule has 1 amide bonds. The summed E-state index contributed by atoms with van der Waals surface area (Å²) in [4.78, 5) is 46.6. The summed E-state index contributed by atoms with van der Waals surface area (Å²) in [6.45, 7) is 16.6. The van der Waals surface area contributed by atoms with Crippen molar-refractivity contribution in [2.45, 2.75) is 7.43 Å². The van der Waals surface area contributed by atoms with E-state index in [-0.39, 0.29) is 18.9 Å². The molecule has 0 aliphatic carbocycles. The van der Waals surface area contributed by atoms with Crippen LogP contribution in [0.15, 0.2) is 123 Å². The number of rotatable bonds is 12. The highest BCUT2D eigenvalue weighted by atomic mass is 16.6. The molecule has 0 fully saturated rings. The quantitative estimate of drug-likeness (QED) is 0.123. The molecule has 2 N–H and O–H groups in total. The molecule has 0 saturated carbocycles. The molecule has 216 valence electrons. The fourth-order valence-electron chi connectivity index (χ4n) is 3.13. The summed E-state index contributed by atoms with van der Waals surface area (Å²) in [5, 5.41) is 12.3. The van der Waals surface area contributed by atoms with Crippen molar-refractivity contribution in [1.82, 2.24) is 10.2 Å². The van der Waals surface area contributed by atoms with Crippen molar-refractivity contribution in [3.8, 4) is 0 Å². The summed E-state index contributed by atoms with van der Waals surface area (Å²) in [7, 11) is 0. The number of carboxylic acids is 1. The number of esters is 2. The van der Waals surface area contributed by atoms with Gasteiger partial charge < -0.3 is 20.1 Å². The van der Waals surface area contributed by atoms with Gasteiger partial charge in [-0.15, -0.1) is 26.3 Å². The van der Waals surface area contributed by atoms with Crippen molar-refractivity contribution in [3.63, 3.8) is 0 Å². The Morgan fingerprint density at radius 2 is 1.34 bits per heavy atom. The summed E-state index contributed by atoms with van der Waals surface area (Å²) >= 11 is 0. The molecular formula is C33H38N2O6. The smallest absolute Gasteiger partial charge is 0.346 e. The molecule has 0 spiro atoms. The highest BCUT2D eigenvalue weighted by molar-refractivity contribution is 6.28. The first-order chi connectivity index (χ1) is 19.3. The zero-order valence-corrected chi connectivity index (χ0v) is 22.3. The van der Waals surface area contributed by atoms with Gasteiger partial charge in [-0.1, -0.05) is 92.4 Å². The van der Waals surface area contributed by atoms with Gasteiger partial charge in [0.1, 0.15) is 0 Å². The molecule has 8 heteroatoms. The average Bonchev–Trinajstić information content (AvgIpc) is 3.30. The minimum atomic E-state index is -1.14. The van der Waals surface area contributed by atoms with Crippen molar-refractivity contribution >= 4 is 35.0 Å². The molecule has 0 atom stereocenters. The van der Waals surface area contributed by atoms with Gasteiger partial charge in [0.25, 0.3) is 0 Å². The number of benzene rings is 2. The first-order valence-corrected chi connectivity index (χ1v) is 12.3. The lowest BCUT2D eigenvalue weighted by atomic mass is 10.1. The minimum Gasteiger partial charge on any atom is -0.478 e. The number of hydrogen-bond donors (Lipinski definition) is 2. The van der Waals surface area contributed by atoms with Crippen LogP contribution in [0, 0.1) is 0 Å².